The van der Waals surface area contributed by atoms with E-state index in [9.17, 15) is 0 Å². The molecule has 0 N–H and O–H groups in total. The fourth-order valence-corrected chi connectivity index (χ4v) is 0. The third-order valence-electron chi connectivity index (χ3n) is 0.516. The quantitative estimate of drug-likeness (QED) is 0.412. The number of hydrogen-bond donors (Lipinski definition) is 0. The minimum atomic E-state index is 0.565. The number of nitrogens with zero attached hydrogens (tertiary/aromatic N) is 1. The van der Waals surface area contributed by atoms with Gasteiger partial charge in [-0.2, -0.15) is 0 Å². The Morgan fingerprint density at radius 2 is 1.60 bits per heavy atom. The van der Waals surface area contributed by atoms with Crippen molar-refractivity contribution >= 4 is 15.4 Å². The van der Waals surface area contributed by atoms with Gasteiger partial charge in [0.15, 0.2) is 0 Å². The van der Waals surface area contributed by atoms with Crippen LogP contribution in [0.4, 0.5) is 0 Å². The Balaban J connectivity index is 2.54. The SMILES string of the molecule is [CH3][Al+][N](C)C. The molecule has 0 radical (unpaired) electrons. The molecular weight excluding hydrogens is 77.0 g/mol. The first-order valence-corrected chi connectivity index (χ1v) is 3.40. The van der Waals surface area contributed by atoms with Gasteiger partial charge in [-0.1, -0.05) is 0 Å². The molecule has 0 amide bonds. The van der Waals surface area contributed by atoms with Gasteiger partial charge in [-0.05, 0) is 0 Å². The van der Waals surface area contributed by atoms with Gasteiger partial charge in [0.2, 0.25) is 0 Å². The first-order chi connectivity index (χ1) is 2.27. The topological polar surface area (TPSA) is 3.24 Å². The molecule has 1 nitrogen and oxygen atoms in total. The van der Waals surface area contributed by atoms with E-state index in [0.29, 0.717) is 15.4 Å². The van der Waals surface area contributed by atoms with E-state index in [0.717, 1.165) is 0 Å². The van der Waals surface area contributed by atoms with Crippen molar-refractivity contribution in [3.8, 4) is 0 Å². The van der Waals surface area contributed by atoms with Crippen LogP contribution < -0.4 is 0 Å². The molecule has 0 bridgehead atoms. The molecule has 0 aliphatic rings. The second-order valence-electron chi connectivity index (χ2n) is 1.22. The van der Waals surface area contributed by atoms with Crippen LogP contribution in [0, 0.1) is 0 Å². The van der Waals surface area contributed by atoms with Gasteiger partial charge >= 0.3 is 39.2 Å². The zero-order valence-corrected chi connectivity index (χ0v) is 5.18. The number of rotatable bonds is 1. The molecular formula is C3H9AlN+. The summed E-state index contributed by atoms with van der Waals surface area (Å²) in [4.78, 5) is 0. The van der Waals surface area contributed by atoms with E-state index in [4.69, 9.17) is 0 Å². The summed E-state index contributed by atoms with van der Waals surface area (Å²) in [6.45, 7) is 0. The predicted octanol–water partition coefficient (Wildman–Crippen LogP) is 0.215. The average Bonchev–Trinajstić information content (AvgIpc) is 1.38. The monoisotopic (exact) mass is 86.1 g/mol. The van der Waals surface area contributed by atoms with Gasteiger partial charge in [0, 0.05) is 0 Å². The van der Waals surface area contributed by atoms with E-state index in [2.05, 4.69) is 23.8 Å². The zero-order valence-electron chi connectivity index (χ0n) is 4.02. The third kappa shape index (κ3) is 4.49. The molecule has 0 aromatic carbocycles. The normalized spacial score (nSPS) is 8.00. The van der Waals surface area contributed by atoms with E-state index in [-0.39, 0.29) is 0 Å². The molecule has 0 atom stereocenters. The van der Waals surface area contributed by atoms with Crippen LogP contribution in [0.15, 0.2) is 0 Å². The van der Waals surface area contributed by atoms with Crippen LogP contribution >= 0.6 is 0 Å². The molecule has 0 aliphatic heterocycles. The standard InChI is InChI=1S/C2H6N.CH3.Al/c1-3-2;;/h1-2H3;1H3;/q-1;;+2. The molecule has 0 aromatic rings. The second-order valence-corrected chi connectivity index (χ2v) is 2.77. The van der Waals surface area contributed by atoms with Crippen LogP contribution in [0.1, 0.15) is 0 Å². The average molecular weight is 86.1 g/mol. The molecule has 0 heterocycles. The second kappa shape index (κ2) is 2.72. The summed E-state index contributed by atoms with van der Waals surface area (Å²) in [5.41, 5.74) is 0. The summed E-state index contributed by atoms with van der Waals surface area (Å²) >= 11 is 0.565. The van der Waals surface area contributed by atoms with Gasteiger partial charge in [-0.15, -0.1) is 0 Å². The molecule has 5 heavy (non-hydrogen) atoms. The summed E-state index contributed by atoms with van der Waals surface area (Å²) in [5.74, 6) is 2.21. The molecule has 0 aromatic heterocycles. The van der Waals surface area contributed by atoms with Crippen molar-refractivity contribution in [1.82, 2.24) is 3.88 Å². The van der Waals surface area contributed by atoms with Crippen LogP contribution in [0.25, 0.3) is 0 Å². The van der Waals surface area contributed by atoms with Crippen molar-refractivity contribution in [1.29, 1.82) is 0 Å². The Bertz CT molecular complexity index is 20.9. The Kier molecular flexibility index (Phi) is 2.98. The van der Waals surface area contributed by atoms with E-state index in [1.165, 1.54) is 0 Å². The van der Waals surface area contributed by atoms with Crippen LogP contribution in [0.5, 0.6) is 0 Å². The van der Waals surface area contributed by atoms with Crippen molar-refractivity contribution < 1.29 is 0 Å². The molecule has 28 valence electrons. The molecule has 0 fully saturated rings. The van der Waals surface area contributed by atoms with Gasteiger partial charge in [0.05, 0.1) is 0 Å². The Labute approximate surface area is 39.9 Å². The third-order valence-corrected chi connectivity index (χ3v) is 1.55. The zero-order chi connectivity index (χ0) is 4.28. The summed E-state index contributed by atoms with van der Waals surface area (Å²) in [6, 6.07) is 0. The molecule has 0 rings (SSSR count). The van der Waals surface area contributed by atoms with Gasteiger partial charge in [-0.25, -0.2) is 0 Å². The van der Waals surface area contributed by atoms with Crippen molar-refractivity contribution in [2.24, 2.45) is 0 Å². The maximum atomic E-state index is 2.21. The van der Waals surface area contributed by atoms with Crippen molar-refractivity contribution in [2.45, 2.75) is 5.79 Å². The Hall–Kier alpha value is 0.492. The van der Waals surface area contributed by atoms with E-state index >= 15 is 0 Å². The van der Waals surface area contributed by atoms with Crippen LogP contribution in [0.3, 0.4) is 0 Å². The summed E-state index contributed by atoms with van der Waals surface area (Å²) in [5, 5.41) is 0. The Morgan fingerprint density at radius 1 is 1.40 bits per heavy atom. The molecule has 0 unspecified atom stereocenters. The molecule has 0 saturated carbocycles. The first-order valence-electron chi connectivity index (χ1n) is 1.73. The van der Waals surface area contributed by atoms with Crippen LogP contribution in [-0.2, 0) is 0 Å². The van der Waals surface area contributed by atoms with Crippen LogP contribution in [0.2, 0.25) is 5.79 Å². The van der Waals surface area contributed by atoms with Crippen molar-refractivity contribution in [3.05, 3.63) is 0 Å². The fraction of sp³-hybridized carbons (Fsp3) is 1.00. The van der Waals surface area contributed by atoms with Crippen molar-refractivity contribution in [2.75, 3.05) is 14.1 Å². The van der Waals surface area contributed by atoms with E-state index in [1.54, 1.807) is 0 Å². The molecule has 0 saturated heterocycles. The summed E-state index contributed by atoms with van der Waals surface area (Å²) in [6.07, 6.45) is 0. The molecule has 0 spiro atoms. The van der Waals surface area contributed by atoms with Gasteiger partial charge < -0.3 is 0 Å². The van der Waals surface area contributed by atoms with Crippen LogP contribution in [-0.4, -0.2) is 33.4 Å². The van der Waals surface area contributed by atoms with Gasteiger partial charge in [0.1, 0.15) is 0 Å². The first kappa shape index (κ1) is 5.49. The predicted molar refractivity (Wildman–Crippen MR) is 25.3 cm³/mol. The fourth-order valence-electron chi connectivity index (χ4n) is 0. The van der Waals surface area contributed by atoms with E-state index < -0.39 is 0 Å². The van der Waals surface area contributed by atoms with E-state index in [1.807, 2.05) is 0 Å². The molecule has 2 heteroatoms. The van der Waals surface area contributed by atoms with Gasteiger partial charge in [0.25, 0.3) is 0 Å². The number of hydrogen-bond acceptors (Lipinski definition) is 1. The van der Waals surface area contributed by atoms with Crippen molar-refractivity contribution in [3.63, 3.8) is 0 Å². The summed E-state index contributed by atoms with van der Waals surface area (Å²) in [7, 11) is 4.19. The molecule has 0 aliphatic carbocycles. The van der Waals surface area contributed by atoms with Gasteiger partial charge in [-0.3, -0.25) is 0 Å². The maximum absolute atomic E-state index is 2.21. The minimum absolute atomic E-state index is 0.565. The summed E-state index contributed by atoms with van der Waals surface area (Å²) < 4.78 is 2.21. The Morgan fingerprint density at radius 3 is 1.60 bits per heavy atom.